The summed E-state index contributed by atoms with van der Waals surface area (Å²) < 4.78 is 0. The van der Waals surface area contributed by atoms with Gasteiger partial charge in [-0.2, -0.15) is 0 Å². The fourth-order valence-electron chi connectivity index (χ4n) is 2.33. The molecule has 2 heteroatoms. The van der Waals surface area contributed by atoms with Crippen LogP contribution < -0.4 is 5.73 Å². The van der Waals surface area contributed by atoms with Crippen molar-refractivity contribution in [1.82, 2.24) is 0 Å². The Kier molecular flexibility index (Phi) is 3.74. The summed E-state index contributed by atoms with van der Waals surface area (Å²) in [5, 5.41) is 10.3. The molecule has 0 aromatic rings. The highest BCUT2D eigenvalue weighted by molar-refractivity contribution is 4.88. The Morgan fingerprint density at radius 3 is 2.38 bits per heavy atom. The van der Waals surface area contributed by atoms with Crippen molar-refractivity contribution in [2.45, 2.75) is 51.6 Å². The van der Waals surface area contributed by atoms with Gasteiger partial charge in [-0.3, -0.25) is 0 Å². The van der Waals surface area contributed by atoms with Crippen LogP contribution in [0.3, 0.4) is 0 Å². The number of nitrogens with two attached hydrogens (primary N) is 1. The smallest absolute Gasteiger partial charge is 0.0685 e. The Labute approximate surface area is 81.5 Å². The summed E-state index contributed by atoms with van der Waals surface area (Å²) in [5.41, 5.74) is 5.06. The summed E-state index contributed by atoms with van der Waals surface area (Å²) in [7, 11) is 0. The van der Waals surface area contributed by atoms with Crippen LogP contribution in [0.4, 0.5) is 0 Å². The zero-order chi connectivity index (χ0) is 9.90. The van der Waals surface area contributed by atoms with Gasteiger partial charge >= 0.3 is 0 Å². The lowest BCUT2D eigenvalue weighted by Gasteiger charge is -2.39. The van der Waals surface area contributed by atoms with Gasteiger partial charge in [0.05, 0.1) is 5.60 Å². The summed E-state index contributed by atoms with van der Waals surface area (Å²) in [4.78, 5) is 0. The van der Waals surface area contributed by atoms with E-state index in [1.165, 1.54) is 32.1 Å². The average Bonchev–Trinajstić information content (AvgIpc) is 2.18. The van der Waals surface area contributed by atoms with Gasteiger partial charge in [-0.1, -0.05) is 26.2 Å². The third-order valence-electron chi connectivity index (χ3n) is 3.78. The lowest BCUT2D eigenvalue weighted by atomic mass is 9.72. The van der Waals surface area contributed by atoms with E-state index in [0.717, 1.165) is 0 Å². The van der Waals surface area contributed by atoms with E-state index in [-0.39, 0.29) is 5.92 Å². The van der Waals surface area contributed by atoms with Gasteiger partial charge in [0, 0.05) is 0 Å². The maximum atomic E-state index is 10.3. The molecule has 2 atom stereocenters. The van der Waals surface area contributed by atoms with Gasteiger partial charge in [-0.25, -0.2) is 0 Å². The van der Waals surface area contributed by atoms with Crippen molar-refractivity contribution in [3.05, 3.63) is 0 Å². The standard InChI is InChI=1S/C11H23NO/c1-9(8-12)11(2,13)10-6-4-3-5-7-10/h9-10,13H,3-8,12H2,1-2H3. The summed E-state index contributed by atoms with van der Waals surface area (Å²) in [6, 6.07) is 0. The van der Waals surface area contributed by atoms with Crippen LogP contribution in [0.25, 0.3) is 0 Å². The SMILES string of the molecule is CC(CN)C(C)(O)C1CCCCC1. The van der Waals surface area contributed by atoms with Crippen molar-refractivity contribution in [1.29, 1.82) is 0 Å². The summed E-state index contributed by atoms with van der Waals surface area (Å²) in [5.74, 6) is 0.690. The topological polar surface area (TPSA) is 46.2 Å². The Morgan fingerprint density at radius 1 is 1.38 bits per heavy atom. The highest BCUT2D eigenvalue weighted by Crippen LogP contribution is 2.36. The van der Waals surface area contributed by atoms with Crippen LogP contribution in [0.1, 0.15) is 46.0 Å². The quantitative estimate of drug-likeness (QED) is 0.705. The molecule has 13 heavy (non-hydrogen) atoms. The molecule has 0 heterocycles. The molecule has 1 aliphatic carbocycles. The van der Waals surface area contributed by atoms with Crippen molar-refractivity contribution < 1.29 is 5.11 Å². The zero-order valence-electron chi connectivity index (χ0n) is 8.92. The molecule has 1 fully saturated rings. The van der Waals surface area contributed by atoms with Crippen molar-refractivity contribution >= 4 is 0 Å². The van der Waals surface area contributed by atoms with Crippen molar-refractivity contribution in [3.63, 3.8) is 0 Å². The Bertz CT molecular complexity index is 150. The Hall–Kier alpha value is -0.0800. The molecule has 0 aromatic carbocycles. The molecular formula is C11H23NO. The molecule has 1 saturated carbocycles. The minimum atomic E-state index is -0.546. The first-order chi connectivity index (χ1) is 6.09. The van der Waals surface area contributed by atoms with Gasteiger partial charge in [-0.05, 0) is 38.1 Å². The molecule has 2 unspecified atom stereocenters. The van der Waals surface area contributed by atoms with Gasteiger partial charge in [0.1, 0.15) is 0 Å². The molecule has 0 spiro atoms. The van der Waals surface area contributed by atoms with Gasteiger partial charge in [-0.15, -0.1) is 0 Å². The highest BCUT2D eigenvalue weighted by Gasteiger charge is 2.36. The summed E-state index contributed by atoms with van der Waals surface area (Å²) in [6.07, 6.45) is 6.24. The largest absolute Gasteiger partial charge is 0.390 e. The summed E-state index contributed by atoms with van der Waals surface area (Å²) >= 11 is 0. The van der Waals surface area contributed by atoms with Crippen LogP contribution in [0, 0.1) is 11.8 Å². The predicted octanol–water partition coefficient (Wildman–Crippen LogP) is 1.91. The third-order valence-corrected chi connectivity index (χ3v) is 3.78. The number of rotatable bonds is 3. The van der Waals surface area contributed by atoms with Crippen molar-refractivity contribution in [2.24, 2.45) is 17.6 Å². The lowest BCUT2D eigenvalue weighted by Crippen LogP contribution is -2.44. The lowest BCUT2D eigenvalue weighted by molar-refractivity contribution is -0.0571. The normalized spacial score (nSPS) is 26.8. The fraction of sp³-hybridized carbons (Fsp3) is 1.00. The van der Waals surface area contributed by atoms with Gasteiger partial charge in [0.25, 0.3) is 0 Å². The number of aliphatic hydroxyl groups is 1. The van der Waals surface area contributed by atoms with Crippen molar-refractivity contribution in [2.75, 3.05) is 6.54 Å². The van der Waals surface area contributed by atoms with Crippen LogP contribution in [-0.2, 0) is 0 Å². The molecule has 1 aliphatic rings. The van der Waals surface area contributed by atoms with Crippen LogP contribution in [0.2, 0.25) is 0 Å². The molecule has 0 saturated heterocycles. The van der Waals surface area contributed by atoms with E-state index in [0.29, 0.717) is 12.5 Å². The molecule has 0 amide bonds. The van der Waals surface area contributed by atoms with E-state index < -0.39 is 5.60 Å². The first-order valence-corrected chi connectivity index (χ1v) is 5.51. The monoisotopic (exact) mass is 185 g/mol. The van der Waals surface area contributed by atoms with Gasteiger partial charge < -0.3 is 10.8 Å². The van der Waals surface area contributed by atoms with Crippen LogP contribution >= 0.6 is 0 Å². The molecule has 0 aliphatic heterocycles. The van der Waals surface area contributed by atoms with Crippen LogP contribution in [0.15, 0.2) is 0 Å². The van der Waals surface area contributed by atoms with E-state index in [1.807, 2.05) is 6.92 Å². The molecule has 3 N–H and O–H groups in total. The highest BCUT2D eigenvalue weighted by atomic mass is 16.3. The van der Waals surface area contributed by atoms with Gasteiger partial charge in [0.15, 0.2) is 0 Å². The third kappa shape index (κ3) is 2.44. The minimum absolute atomic E-state index is 0.218. The molecule has 2 nitrogen and oxygen atoms in total. The Balaban J connectivity index is 2.55. The maximum Gasteiger partial charge on any atom is 0.0685 e. The van der Waals surface area contributed by atoms with E-state index in [9.17, 15) is 5.11 Å². The second-order valence-electron chi connectivity index (χ2n) is 4.70. The number of hydrogen-bond acceptors (Lipinski definition) is 2. The summed E-state index contributed by atoms with van der Waals surface area (Å²) in [6.45, 7) is 4.60. The molecule has 1 rings (SSSR count). The van der Waals surface area contributed by atoms with E-state index in [1.54, 1.807) is 0 Å². The van der Waals surface area contributed by atoms with Crippen LogP contribution in [0.5, 0.6) is 0 Å². The van der Waals surface area contributed by atoms with E-state index >= 15 is 0 Å². The van der Waals surface area contributed by atoms with Crippen LogP contribution in [-0.4, -0.2) is 17.3 Å². The van der Waals surface area contributed by atoms with Gasteiger partial charge in [0.2, 0.25) is 0 Å². The molecule has 0 radical (unpaired) electrons. The fourth-order valence-corrected chi connectivity index (χ4v) is 2.33. The second-order valence-corrected chi connectivity index (χ2v) is 4.70. The van der Waals surface area contributed by atoms with E-state index in [2.05, 4.69) is 6.92 Å². The molecular weight excluding hydrogens is 162 g/mol. The zero-order valence-corrected chi connectivity index (χ0v) is 8.92. The number of hydrogen-bond donors (Lipinski definition) is 2. The predicted molar refractivity (Wildman–Crippen MR) is 55.4 cm³/mol. The Morgan fingerprint density at radius 2 is 1.92 bits per heavy atom. The first kappa shape index (κ1) is 11.0. The first-order valence-electron chi connectivity index (χ1n) is 5.51. The second kappa shape index (κ2) is 4.43. The molecule has 0 bridgehead atoms. The maximum absolute atomic E-state index is 10.3. The average molecular weight is 185 g/mol. The van der Waals surface area contributed by atoms with Crippen molar-refractivity contribution in [3.8, 4) is 0 Å². The van der Waals surface area contributed by atoms with E-state index in [4.69, 9.17) is 5.73 Å². The molecule has 78 valence electrons. The minimum Gasteiger partial charge on any atom is -0.390 e. The molecule has 0 aromatic heterocycles.